The number of anilines is 3. The van der Waals surface area contributed by atoms with Gasteiger partial charge in [-0.25, -0.2) is 0 Å². The highest BCUT2D eigenvalue weighted by atomic mass is 15.2. The van der Waals surface area contributed by atoms with Gasteiger partial charge in [0.05, 0.1) is 33.8 Å². The summed E-state index contributed by atoms with van der Waals surface area (Å²) < 4.78 is 2.48. The average Bonchev–Trinajstić information content (AvgIpc) is 3.46. The molecule has 8 aromatic carbocycles. The van der Waals surface area contributed by atoms with Gasteiger partial charge in [0.2, 0.25) is 0 Å². The van der Waals surface area contributed by atoms with E-state index >= 15 is 0 Å². The third-order valence-electron chi connectivity index (χ3n) is 11.8. The standard InChI is InChI=1S/C50H44N2/c1-29-15-13-16-30(2)45(29)37-27-38(49(3,4)5)34-25-26-36-44(28-39(50(6,7)8)35-24-23-32(37)46(34)47(35)36)51-41-20-11-12-21-42(41)52-40-19-10-9-17-31(40)33-18-14-22-43(51)48(33)52/h9-28H,1-8H3. The zero-order valence-corrected chi connectivity index (χ0v) is 31.4. The van der Waals surface area contributed by atoms with E-state index in [1.54, 1.807) is 0 Å². The summed E-state index contributed by atoms with van der Waals surface area (Å²) in [6.07, 6.45) is 0. The van der Waals surface area contributed by atoms with Gasteiger partial charge in [0, 0.05) is 16.2 Å². The molecule has 1 aliphatic rings. The van der Waals surface area contributed by atoms with E-state index in [4.69, 9.17) is 0 Å². The summed E-state index contributed by atoms with van der Waals surface area (Å²) in [5, 5.41) is 10.6. The first kappa shape index (κ1) is 31.2. The van der Waals surface area contributed by atoms with Crippen molar-refractivity contribution in [2.45, 2.75) is 66.2 Å². The molecule has 0 fully saturated rings. The van der Waals surface area contributed by atoms with Crippen molar-refractivity contribution in [3.05, 3.63) is 144 Å². The topological polar surface area (TPSA) is 8.17 Å². The normalized spacial score (nSPS) is 13.3. The molecular formula is C50H44N2. The molecule has 1 aliphatic heterocycles. The molecule has 52 heavy (non-hydrogen) atoms. The summed E-state index contributed by atoms with van der Waals surface area (Å²) in [5.74, 6) is 0. The third kappa shape index (κ3) is 4.12. The largest absolute Gasteiger partial charge is 0.306 e. The Morgan fingerprint density at radius 2 is 0.962 bits per heavy atom. The van der Waals surface area contributed by atoms with Crippen molar-refractivity contribution in [1.82, 2.24) is 4.57 Å². The number of aromatic nitrogens is 1. The maximum atomic E-state index is 2.56. The molecule has 10 rings (SSSR count). The van der Waals surface area contributed by atoms with Crippen LogP contribution in [0.25, 0.3) is 70.9 Å². The SMILES string of the molecule is Cc1cccc(C)c1-c1cc(C(C)(C)C)c2ccc3c(N4c5ccccc5-n5c6ccccc6c6cccc4c65)cc(C(C)(C)C)c4ccc1c2c34. The van der Waals surface area contributed by atoms with Crippen LogP contribution in [0, 0.1) is 13.8 Å². The number of rotatable bonds is 2. The first-order valence-corrected chi connectivity index (χ1v) is 18.7. The van der Waals surface area contributed by atoms with Crippen molar-refractivity contribution in [1.29, 1.82) is 0 Å². The van der Waals surface area contributed by atoms with Gasteiger partial charge in [-0.3, -0.25) is 0 Å². The molecule has 2 nitrogen and oxygen atoms in total. The highest BCUT2D eigenvalue weighted by molar-refractivity contribution is 6.30. The number of para-hydroxylation sites is 4. The van der Waals surface area contributed by atoms with Gasteiger partial charge in [-0.05, 0) is 121 Å². The molecule has 254 valence electrons. The average molecular weight is 673 g/mol. The predicted molar refractivity (Wildman–Crippen MR) is 225 cm³/mol. The van der Waals surface area contributed by atoms with E-state index in [-0.39, 0.29) is 10.8 Å². The van der Waals surface area contributed by atoms with Crippen molar-refractivity contribution in [2.75, 3.05) is 4.90 Å². The lowest BCUT2D eigenvalue weighted by Crippen LogP contribution is -2.20. The number of benzene rings is 8. The summed E-state index contributed by atoms with van der Waals surface area (Å²) in [7, 11) is 0. The number of aryl methyl sites for hydroxylation is 2. The van der Waals surface area contributed by atoms with Crippen molar-refractivity contribution in [2.24, 2.45) is 0 Å². The summed E-state index contributed by atoms with van der Waals surface area (Å²) in [5.41, 5.74) is 15.3. The van der Waals surface area contributed by atoms with Crippen LogP contribution in [0.2, 0.25) is 0 Å². The van der Waals surface area contributed by atoms with Crippen molar-refractivity contribution in [3.8, 4) is 16.8 Å². The molecule has 0 amide bonds. The molecule has 0 N–H and O–H groups in total. The van der Waals surface area contributed by atoms with E-state index in [1.165, 1.54) is 110 Å². The van der Waals surface area contributed by atoms with Crippen LogP contribution in [0.3, 0.4) is 0 Å². The van der Waals surface area contributed by atoms with Crippen LogP contribution >= 0.6 is 0 Å². The molecule has 0 saturated carbocycles. The zero-order chi connectivity index (χ0) is 35.8. The molecule has 2 heterocycles. The molecule has 0 bridgehead atoms. The molecule has 0 aliphatic carbocycles. The lowest BCUT2D eigenvalue weighted by Gasteiger charge is -2.36. The second-order valence-corrected chi connectivity index (χ2v) is 17.1. The minimum Gasteiger partial charge on any atom is -0.306 e. The van der Waals surface area contributed by atoms with Crippen LogP contribution < -0.4 is 4.90 Å². The van der Waals surface area contributed by atoms with Gasteiger partial charge in [-0.15, -0.1) is 0 Å². The number of hydrogen-bond acceptors (Lipinski definition) is 1. The van der Waals surface area contributed by atoms with Gasteiger partial charge < -0.3 is 9.47 Å². The smallest absolute Gasteiger partial charge is 0.0783 e. The predicted octanol–water partition coefficient (Wildman–Crippen LogP) is 14.3. The first-order valence-electron chi connectivity index (χ1n) is 18.7. The fourth-order valence-corrected chi connectivity index (χ4v) is 9.51. The van der Waals surface area contributed by atoms with Crippen LogP contribution in [-0.4, -0.2) is 4.57 Å². The van der Waals surface area contributed by atoms with E-state index < -0.39 is 0 Å². The fourth-order valence-electron chi connectivity index (χ4n) is 9.51. The molecule has 2 heteroatoms. The molecule has 1 aromatic heterocycles. The van der Waals surface area contributed by atoms with Crippen LogP contribution in [0.5, 0.6) is 0 Å². The highest BCUT2D eigenvalue weighted by Gasteiger charge is 2.32. The zero-order valence-electron chi connectivity index (χ0n) is 31.4. The Morgan fingerprint density at radius 1 is 0.423 bits per heavy atom. The Hall–Kier alpha value is -5.60. The molecule has 0 spiro atoms. The second kappa shape index (κ2) is 10.5. The third-order valence-corrected chi connectivity index (χ3v) is 11.8. The molecule has 9 aromatic rings. The van der Waals surface area contributed by atoms with Crippen molar-refractivity contribution in [3.63, 3.8) is 0 Å². The summed E-state index contributed by atoms with van der Waals surface area (Å²) in [4.78, 5) is 2.56. The fraction of sp³-hybridized carbons (Fsp3) is 0.200. The lowest BCUT2D eigenvalue weighted by molar-refractivity contribution is 0.595. The van der Waals surface area contributed by atoms with E-state index in [0.717, 1.165) is 0 Å². The van der Waals surface area contributed by atoms with Gasteiger partial charge in [-0.1, -0.05) is 126 Å². The van der Waals surface area contributed by atoms with Crippen LogP contribution in [-0.2, 0) is 10.8 Å². The molecule has 0 atom stereocenters. The Labute approximate surface area is 306 Å². The number of fused-ring (bicyclic) bond motifs is 5. The van der Waals surface area contributed by atoms with E-state index in [1.807, 2.05) is 0 Å². The number of hydrogen-bond donors (Lipinski definition) is 0. The minimum atomic E-state index is -0.0877. The van der Waals surface area contributed by atoms with Crippen molar-refractivity contribution >= 4 is 71.2 Å². The number of nitrogens with zero attached hydrogens (tertiary/aromatic N) is 2. The Bertz CT molecular complexity index is 2920. The van der Waals surface area contributed by atoms with Gasteiger partial charge in [0.25, 0.3) is 0 Å². The Morgan fingerprint density at radius 3 is 1.67 bits per heavy atom. The quantitative estimate of drug-likeness (QED) is 0.166. The Kier molecular flexibility index (Phi) is 6.28. The van der Waals surface area contributed by atoms with Gasteiger partial charge in [0.15, 0.2) is 0 Å². The summed E-state index contributed by atoms with van der Waals surface area (Å²) >= 11 is 0. The van der Waals surface area contributed by atoms with Gasteiger partial charge >= 0.3 is 0 Å². The van der Waals surface area contributed by atoms with Crippen LogP contribution in [0.15, 0.2) is 121 Å². The molecule has 0 radical (unpaired) electrons. The minimum absolute atomic E-state index is 0.0434. The maximum absolute atomic E-state index is 2.56. The summed E-state index contributed by atoms with van der Waals surface area (Å²) in [6.45, 7) is 18.7. The Balaban J connectivity index is 1.41. The monoisotopic (exact) mass is 672 g/mol. The van der Waals surface area contributed by atoms with Crippen LogP contribution in [0.4, 0.5) is 17.1 Å². The molecular weight excluding hydrogens is 629 g/mol. The molecule has 0 unspecified atom stereocenters. The maximum Gasteiger partial charge on any atom is 0.0783 e. The van der Waals surface area contributed by atoms with Gasteiger partial charge in [-0.2, -0.15) is 0 Å². The van der Waals surface area contributed by atoms with Crippen LogP contribution in [0.1, 0.15) is 63.8 Å². The van der Waals surface area contributed by atoms with E-state index in [9.17, 15) is 0 Å². The highest BCUT2D eigenvalue weighted by Crippen LogP contribution is 2.54. The first-order chi connectivity index (χ1) is 24.9. The molecule has 0 saturated heterocycles. The lowest BCUT2D eigenvalue weighted by atomic mass is 9.76. The van der Waals surface area contributed by atoms with Gasteiger partial charge in [0.1, 0.15) is 0 Å². The van der Waals surface area contributed by atoms with Crippen molar-refractivity contribution < 1.29 is 0 Å². The van der Waals surface area contributed by atoms with E-state index in [0.29, 0.717) is 0 Å². The van der Waals surface area contributed by atoms with E-state index in [2.05, 4.69) is 186 Å². The summed E-state index contributed by atoms with van der Waals surface area (Å²) in [6, 6.07) is 46.1. The second-order valence-electron chi connectivity index (χ2n) is 17.1.